The molecule has 1 heterocycles. The number of nitrogens with one attached hydrogen (secondary N) is 1. The minimum Gasteiger partial charge on any atom is -0.428 e. The van der Waals surface area contributed by atoms with Crippen LogP contribution >= 0.6 is 24.8 Å². The topological polar surface area (TPSA) is 24.5 Å². The Morgan fingerprint density at radius 2 is 1.76 bits per heavy atom. The van der Waals surface area contributed by atoms with Crippen molar-refractivity contribution in [2.45, 2.75) is 38.3 Å². The summed E-state index contributed by atoms with van der Waals surface area (Å²) in [7, 11) is 0. The molecule has 0 radical (unpaired) electrons. The molecule has 1 N–H and O–H groups in total. The first kappa shape index (κ1) is 24.2. The van der Waals surface area contributed by atoms with E-state index in [2.05, 4.69) is 15.0 Å². The van der Waals surface area contributed by atoms with Crippen LogP contribution in [-0.2, 0) is 0 Å². The van der Waals surface area contributed by atoms with Gasteiger partial charge in [0.05, 0.1) is 0 Å². The highest BCUT2D eigenvalue weighted by Gasteiger charge is 2.44. The van der Waals surface area contributed by atoms with Crippen LogP contribution < -0.4 is 10.1 Å². The van der Waals surface area contributed by atoms with Crippen LogP contribution in [0.1, 0.15) is 31.4 Å². The molecule has 1 atom stereocenters. The van der Waals surface area contributed by atoms with E-state index in [4.69, 9.17) is 0 Å². The van der Waals surface area contributed by atoms with Crippen molar-refractivity contribution in [3.8, 4) is 5.75 Å². The lowest BCUT2D eigenvalue weighted by Gasteiger charge is -2.36. The highest BCUT2D eigenvalue weighted by Crippen LogP contribution is 2.36. The molecule has 1 aliphatic heterocycles. The molecule has 146 valence electrons. The third-order valence-electron chi connectivity index (χ3n) is 3.93. The molecule has 3 nitrogen and oxygen atoms in total. The monoisotopic (exact) mass is 406 g/mol. The summed E-state index contributed by atoms with van der Waals surface area (Å²) in [5, 5.41) is 3.24. The van der Waals surface area contributed by atoms with Gasteiger partial charge in [-0.25, -0.2) is 0 Å². The van der Waals surface area contributed by atoms with Gasteiger partial charge in [0.1, 0.15) is 5.75 Å². The van der Waals surface area contributed by atoms with E-state index in [0.29, 0.717) is 5.56 Å². The number of hydrogen-bond acceptors (Lipinski definition) is 3. The van der Waals surface area contributed by atoms with Crippen molar-refractivity contribution in [2.24, 2.45) is 0 Å². The Hall–Kier alpha value is -0.760. The SMILES string of the molecule is CCC[C@H](c1ccccc1OC(F)(F)C(F)F)N1CCNCC1.Cl.Cl. The van der Waals surface area contributed by atoms with Gasteiger partial charge in [-0.3, -0.25) is 4.90 Å². The van der Waals surface area contributed by atoms with E-state index in [-0.39, 0.29) is 36.6 Å². The minimum atomic E-state index is -4.49. The Balaban J connectivity index is 0.00000288. The van der Waals surface area contributed by atoms with Gasteiger partial charge < -0.3 is 10.1 Å². The lowest BCUT2D eigenvalue weighted by Crippen LogP contribution is -2.45. The summed E-state index contributed by atoms with van der Waals surface area (Å²) in [5.74, 6) is -0.171. The summed E-state index contributed by atoms with van der Waals surface area (Å²) in [6.07, 6.45) is -6.75. The van der Waals surface area contributed by atoms with Crippen molar-refractivity contribution >= 4 is 24.8 Å². The van der Waals surface area contributed by atoms with Gasteiger partial charge in [0.25, 0.3) is 0 Å². The van der Waals surface area contributed by atoms with Crippen LogP contribution in [0, 0.1) is 0 Å². The molecule has 0 aromatic heterocycles. The van der Waals surface area contributed by atoms with E-state index in [0.717, 1.165) is 39.0 Å². The summed E-state index contributed by atoms with van der Waals surface area (Å²) in [4.78, 5) is 2.18. The van der Waals surface area contributed by atoms with Gasteiger partial charge in [-0.1, -0.05) is 31.5 Å². The number of nitrogens with zero attached hydrogens (tertiary/aromatic N) is 1. The molecule has 1 fully saturated rings. The molecule has 2 rings (SSSR count). The van der Waals surface area contributed by atoms with Crippen molar-refractivity contribution in [3.63, 3.8) is 0 Å². The first-order valence-electron chi connectivity index (χ1n) is 7.84. The zero-order valence-electron chi connectivity index (χ0n) is 13.9. The Morgan fingerprint density at radius 1 is 1.16 bits per heavy atom. The Morgan fingerprint density at radius 3 is 2.32 bits per heavy atom. The van der Waals surface area contributed by atoms with Crippen molar-refractivity contribution in [2.75, 3.05) is 26.2 Å². The van der Waals surface area contributed by atoms with Crippen molar-refractivity contribution in [1.82, 2.24) is 10.2 Å². The average molecular weight is 407 g/mol. The fourth-order valence-electron chi connectivity index (χ4n) is 2.84. The molecule has 1 aromatic rings. The number of ether oxygens (including phenoxy) is 1. The Kier molecular flexibility index (Phi) is 10.7. The maximum Gasteiger partial charge on any atom is 0.461 e. The molecule has 25 heavy (non-hydrogen) atoms. The average Bonchev–Trinajstić information content (AvgIpc) is 2.54. The molecule has 0 bridgehead atoms. The van der Waals surface area contributed by atoms with Gasteiger partial charge in [0.2, 0.25) is 0 Å². The van der Waals surface area contributed by atoms with Gasteiger partial charge >= 0.3 is 12.5 Å². The van der Waals surface area contributed by atoms with E-state index in [1.165, 1.54) is 12.1 Å². The summed E-state index contributed by atoms with van der Waals surface area (Å²) < 4.78 is 55.9. The van der Waals surface area contributed by atoms with Crippen LogP contribution in [-0.4, -0.2) is 43.6 Å². The fraction of sp³-hybridized carbons (Fsp3) is 0.625. The molecule has 1 aliphatic rings. The molecule has 9 heteroatoms. The van der Waals surface area contributed by atoms with Crippen LogP contribution in [0.2, 0.25) is 0 Å². The lowest BCUT2D eigenvalue weighted by atomic mass is 9.99. The van der Waals surface area contributed by atoms with Crippen LogP contribution in [0.15, 0.2) is 24.3 Å². The van der Waals surface area contributed by atoms with Crippen molar-refractivity contribution < 1.29 is 22.3 Å². The van der Waals surface area contributed by atoms with E-state index in [1.54, 1.807) is 12.1 Å². The second kappa shape index (κ2) is 11.1. The lowest BCUT2D eigenvalue weighted by molar-refractivity contribution is -0.253. The highest BCUT2D eigenvalue weighted by atomic mass is 35.5. The summed E-state index contributed by atoms with van der Waals surface area (Å²) in [6, 6.07) is 6.12. The second-order valence-electron chi connectivity index (χ2n) is 5.59. The van der Waals surface area contributed by atoms with Gasteiger partial charge in [0.15, 0.2) is 0 Å². The molecule has 0 aliphatic carbocycles. The van der Waals surface area contributed by atoms with E-state index >= 15 is 0 Å². The third-order valence-corrected chi connectivity index (χ3v) is 3.93. The predicted octanol–water partition coefficient (Wildman–Crippen LogP) is 4.51. The number of piperazine rings is 1. The van der Waals surface area contributed by atoms with Gasteiger partial charge in [-0.15, -0.1) is 24.8 Å². The standard InChI is InChI=1S/C16H22F4N2O.2ClH/c1-2-5-13(22-10-8-21-9-11-22)12-6-3-4-7-14(12)23-16(19,20)15(17)18;;/h3-4,6-7,13,15,21H,2,5,8-11H2,1H3;2*1H/t13-;;/m1../s1. The predicted molar refractivity (Wildman–Crippen MR) is 94.6 cm³/mol. The largest absolute Gasteiger partial charge is 0.461 e. The summed E-state index contributed by atoms with van der Waals surface area (Å²) in [5.41, 5.74) is 0.538. The number of para-hydroxylation sites is 1. The smallest absolute Gasteiger partial charge is 0.428 e. The summed E-state index contributed by atoms with van der Waals surface area (Å²) in [6.45, 7) is 5.20. The molecule has 0 unspecified atom stereocenters. The fourth-order valence-corrected chi connectivity index (χ4v) is 2.84. The van der Waals surface area contributed by atoms with Crippen LogP contribution in [0.4, 0.5) is 17.6 Å². The first-order valence-corrected chi connectivity index (χ1v) is 7.84. The van der Waals surface area contributed by atoms with Crippen molar-refractivity contribution in [3.05, 3.63) is 29.8 Å². The number of halogens is 6. The molecular weight excluding hydrogens is 383 g/mol. The van der Waals surface area contributed by atoms with E-state index in [9.17, 15) is 17.6 Å². The molecule has 1 aromatic carbocycles. The maximum absolute atomic E-state index is 13.3. The van der Waals surface area contributed by atoms with Crippen LogP contribution in [0.3, 0.4) is 0 Å². The molecule has 0 spiro atoms. The van der Waals surface area contributed by atoms with E-state index < -0.39 is 12.5 Å². The Labute approximate surface area is 157 Å². The first-order chi connectivity index (χ1) is 11.0. The van der Waals surface area contributed by atoms with Crippen LogP contribution in [0.5, 0.6) is 5.75 Å². The third kappa shape index (κ3) is 6.47. The zero-order valence-corrected chi connectivity index (χ0v) is 15.5. The molecule has 0 saturated carbocycles. The quantitative estimate of drug-likeness (QED) is 0.673. The molecule has 0 amide bonds. The summed E-state index contributed by atoms with van der Waals surface area (Å²) >= 11 is 0. The van der Waals surface area contributed by atoms with Gasteiger partial charge in [-0.2, -0.15) is 17.6 Å². The minimum absolute atomic E-state index is 0. The van der Waals surface area contributed by atoms with E-state index in [1.807, 2.05) is 6.92 Å². The number of alkyl halides is 4. The number of benzene rings is 1. The number of rotatable bonds is 7. The van der Waals surface area contributed by atoms with Gasteiger partial charge in [-0.05, 0) is 12.5 Å². The highest BCUT2D eigenvalue weighted by molar-refractivity contribution is 5.85. The molecule has 1 saturated heterocycles. The zero-order chi connectivity index (χ0) is 16.9. The maximum atomic E-state index is 13.3. The van der Waals surface area contributed by atoms with Crippen LogP contribution in [0.25, 0.3) is 0 Å². The van der Waals surface area contributed by atoms with Gasteiger partial charge in [0, 0.05) is 37.8 Å². The molecular formula is C16H24Cl2F4N2O. The number of hydrogen-bond donors (Lipinski definition) is 1. The van der Waals surface area contributed by atoms with Crippen molar-refractivity contribution in [1.29, 1.82) is 0 Å². The second-order valence-corrected chi connectivity index (χ2v) is 5.59. The Bertz CT molecular complexity index is 503. The normalized spacial score (nSPS) is 16.7.